The number of carbonyl (C=O) groups is 2. The Morgan fingerprint density at radius 2 is 1.38 bits per heavy atom. The SMILES string of the molecule is CC(C)(C)N(Cc1ccccc1)C(=O)COC(=O)COc1ccccc1-c1ccccc1. The Kier molecular flexibility index (Phi) is 7.66. The molecule has 0 aliphatic carbocycles. The number of ether oxygens (including phenoxy) is 2. The first-order valence-corrected chi connectivity index (χ1v) is 10.6. The van der Waals surface area contributed by atoms with E-state index in [1.54, 1.807) is 4.90 Å². The molecule has 0 unspecified atom stereocenters. The maximum absolute atomic E-state index is 12.8. The molecule has 3 rings (SSSR count). The molecule has 3 aromatic carbocycles. The highest BCUT2D eigenvalue weighted by atomic mass is 16.6. The van der Waals surface area contributed by atoms with Gasteiger partial charge in [0.2, 0.25) is 0 Å². The summed E-state index contributed by atoms with van der Waals surface area (Å²) in [6, 6.07) is 27.0. The first kappa shape index (κ1) is 23.1. The van der Waals surface area contributed by atoms with Crippen LogP contribution in [0, 0.1) is 0 Å². The summed E-state index contributed by atoms with van der Waals surface area (Å²) in [4.78, 5) is 26.8. The molecule has 0 saturated heterocycles. The van der Waals surface area contributed by atoms with Crippen LogP contribution >= 0.6 is 0 Å². The molecule has 0 aliphatic heterocycles. The summed E-state index contributed by atoms with van der Waals surface area (Å²) in [7, 11) is 0. The summed E-state index contributed by atoms with van der Waals surface area (Å²) in [5.41, 5.74) is 2.49. The third-order valence-corrected chi connectivity index (χ3v) is 4.97. The largest absolute Gasteiger partial charge is 0.481 e. The van der Waals surface area contributed by atoms with Crippen LogP contribution in [-0.2, 0) is 20.9 Å². The number of rotatable bonds is 8. The van der Waals surface area contributed by atoms with Gasteiger partial charge in [0.25, 0.3) is 5.91 Å². The van der Waals surface area contributed by atoms with Gasteiger partial charge in [-0.3, -0.25) is 4.79 Å². The normalized spacial score (nSPS) is 11.0. The van der Waals surface area contributed by atoms with Crippen LogP contribution in [0.5, 0.6) is 5.75 Å². The van der Waals surface area contributed by atoms with Crippen LogP contribution in [-0.4, -0.2) is 35.5 Å². The van der Waals surface area contributed by atoms with E-state index >= 15 is 0 Å². The van der Waals surface area contributed by atoms with Crippen molar-refractivity contribution in [2.24, 2.45) is 0 Å². The third kappa shape index (κ3) is 6.45. The van der Waals surface area contributed by atoms with Crippen LogP contribution in [0.3, 0.4) is 0 Å². The Hall–Kier alpha value is -3.60. The van der Waals surface area contributed by atoms with Gasteiger partial charge >= 0.3 is 5.97 Å². The second kappa shape index (κ2) is 10.6. The lowest BCUT2D eigenvalue weighted by Crippen LogP contribution is -2.47. The van der Waals surface area contributed by atoms with Gasteiger partial charge in [-0.15, -0.1) is 0 Å². The summed E-state index contributed by atoms with van der Waals surface area (Å²) in [6.07, 6.45) is 0. The van der Waals surface area contributed by atoms with Gasteiger partial charge in [-0.1, -0.05) is 78.9 Å². The number of hydrogen-bond acceptors (Lipinski definition) is 4. The van der Waals surface area contributed by atoms with E-state index in [2.05, 4.69) is 0 Å². The topological polar surface area (TPSA) is 55.8 Å². The Labute approximate surface area is 189 Å². The molecule has 0 saturated carbocycles. The number of para-hydroxylation sites is 1. The zero-order valence-corrected chi connectivity index (χ0v) is 18.8. The van der Waals surface area contributed by atoms with Crippen molar-refractivity contribution in [3.8, 4) is 16.9 Å². The van der Waals surface area contributed by atoms with Gasteiger partial charge in [-0.05, 0) is 38.0 Å². The van der Waals surface area contributed by atoms with Gasteiger partial charge in [-0.2, -0.15) is 0 Å². The average Bonchev–Trinajstić information content (AvgIpc) is 2.80. The van der Waals surface area contributed by atoms with Crippen LogP contribution in [0.1, 0.15) is 26.3 Å². The average molecular weight is 432 g/mol. The molecule has 5 nitrogen and oxygen atoms in total. The minimum atomic E-state index is -0.588. The lowest BCUT2D eigenvalue weighted by molar-refractivity contribution is -0.156. The molecule has 0 heterocycles. The minimum Gasteiger partial charge on any atom is -0.481 e. The Bertz CT molecular complexity index is 1030. The summed E-state index contributed by atoms with van der Waals surface area (Å²) < 4.78 is 10.9. The highest BCUT2D eigenvalue weighted by molar-refractivity contribution is 5.81. The third-order valence-electron chi connectivity index (χ3n) is 4.97. The molecule has 1 amide bonds. The smallest absolute Gasteiger partial charge is 0.344 e. The summed E-state index contributed by atoms with van der Waals surface area (Å²) in [5.74, 6) is -0.253. The van der Waals surface area contributed by atoms with Gasteiger partial charge in [0, 0.05) is 17.6 Å². The monoisotopic (exact) mass is 431 g/mol. The molecule has 5 heteroatoms. The fraction of sp³-hybridized carbons (Fsp3) is 0.259. The van der Waals surface area contributed by atoms with E-state index in [1.807, 2.05) is 106 Å². The first-order chi connectivity index (χ1) is 15.3. The molecule has 0 N–H and O–H groups in total. The van der Waals surface area contributed by atoms with Crippen LogP contribution in [0.25, 0.3) is 11.1 Å². The molecule has 3 aromatic rings. The van der Waals surface area contributed by atoms with E-state index in [-0.39, 0.29) is 19.1 Å². The predicted octanol–water partition coefficient (Wildman–Crippen LogP) is 5.10. The van der Waals surface area contributed by atoms with Crippen molar-refractivity contribution in [1.82, 2.24) is 4.90 Å². The van der Waals surface area contributed by atoms with E-state index in [9.17, 15) is 9.59 Å². The van der Waals surface area contributed by atoms with Crippen LogP contribution in [0.4, 0.5) is 0 Å². The Balaban J connectivity index is 1.57. The molecule has 0 radical (unpaired) electrons. The van der Waals surface area contributed by atoms with E-state index in [0.29, 0.717) is 12.3 Å². The van der Waals surface area contributed by atoms with E-state index in [4.69, 9.17) is 9.47 Å². The standard InChI is InChI=1S/C27H29NO4/c1-27(2,3)28(18-21-12-6-4-7-13-21)25(29)19-32-26(30)20-31-24-17-11-10-16-23(24)22-14-8-5-9-15-22/h4-17H,18-20H2,1-3H3. The van der Waals surface area contributed by atoms with Crippen LogP contribution in [0.2, 0.25) is 0 Å². The molecule has 0 spiro atoms. The summed E-state index contributed by atoms with van der Waals surface area (Å²) >= 11 is 0. The van der Waals surface area contributed by atoms with Crippen molar-refractivity contribution in [2.75, 3.05) is 13.2 Å². The van der Waals surface area contributed by atoms with Gasteiger partial charge in [0.05, 0.1) is 0 Å². The maximum atomic E-state index is 12.8. The second-order valence-corrected chi connectivity index (χ2v) is 8.45. The number of hydrogen-bond donors (Lipinski definition) is 0. The van der Waals surface area contributed by atoms with Crippen molar-refractivity contribution in [1.29, 1.82) is 0 Å². The van der Waals surface area contributed by atoms with Crippen molar-refractivity contribution in [2.45, 2.75) is 32.9 Å². The van der Waals surface area contributed by atoms with Gasteiger partial charge in [-0.25, -0.2) is 4.79 Å². The molecular weight excluding hydrogens is 402 g/mol. The number of carbonyl (C=O) groups excluding carboxylic acids is 2. The summed E-state index contributed by atoms with van der Waals surface area (Å²) in [6.45, 7) is 5.72. The van der Waals surface area contributed by atoms with Crippen molar-refractivity contribution >= 4 is 11.9 Å². The fourth-order valence-electron chi connectivity index (χ4n) is 3.31. The van der Waals surface area contributed by atoms with Gasteiger partial charge in [0.1, 0.15) is 5.75 Å². The number of nitrogens with zero attached hydrogens (tertiary/aromatic N) is 1. The van der Waals surface area contributed by atoms with E-state index in [1.165, 1.54) is 0 Å². The van der Waals surface area contributed by atoms with Crippen molar-refractivity contribution in [3.05, 3.63) is 90.5 Å². The molecule has 0 atom stereocenters. The van der Waals surface area contributed by atoms with Crippen molar-refractivity contribution < 1.29 is 19.1 Å². The number of amides is 1. The van der Waals surface area contributed by atoms with E-state index < -0.39 is 11.5 Å². The lowest BCUT2D eigenvalue weighted by atomic mass is 10.0. The molecule has 0 bridgehead atoms. The zero-order chi connectivity index (χ0) is 23.0. The molecule has 0 aliphatic rings. The Morgan fingerprint density at radius 3 is 2.03 bits per heavy atom. The van der Waals surface area contributed by atoms with Gasteiger partial charge in [0.15, 0.2) is 13.2 Å². The van der Waals surface area contributed by atoms with Gasteiger partial charge < -0.3 is 14.4 Å². The zero-order valence-electron chi connectivity index (χ0n) is 18.8. The lowest BCUT2D eigenvalue weighted by Gasteiger charge is -2.35. The van der Waals surface area contributed by atoms with E-state index in [0.717, 1.165) is 16.7 Å². The number of esters is 1. The number of benzene rings is 3. The summed E-state index contributed by atoms with van der Waals surface area (Å²) in [5, 5.41) is 0. The second-order valence-electron chi connectivity index (χ2n) is 8.45. The first-order valence-electron chi connectivity index (χ1n) is 10.6. The quantitative estimate of drug-likeness (QED) is 0.466. The predicted molar refractivity (Wildman–Crippen MR) is 125 cm³/mol. The molecular formula is C27H29NO4. The minimum absolute atomic E-state index is 0.251. The molecule has 32 heavy (non-hydrogen) atoms. The van der Waals surface area contributed by atoms with Crippen LogP contribution < -0.4 is 4.74 Å². The molecule has 0 aromatic heterocycles. The Morgan fingerprint density at radius 1 is 0.781 bits per heavy atom. The molecule has 0 fully saturated rings. The van der Waals surface area contributed by atoms with Crippen molar-refractivity contribution in [3.63, 3.8) is 0 Å². The fourth-order valence-corrected chi connectivity index (χ4v) is 3.31. The van der Waals surface area contributed by atoms with Crippen LogP contribution in [0.15, 0.2) is 84.9 Å². The molecule has 166 valence electrons. The maximum Gasteiger partial charge on any atom is 0.344 e. The highest BCUT2D eigenvalue weighted by Gasteiger charge is 2.27. The highest BCUT2D eigenvalue weighted by Crippen LogP contribution is 2.29.